The fourth-order valence-corrected chi connectivity index (χ4v) is 1.14. The zero-order chi connectivity index (χ0) is 10.7. The Labute approximate surface area is 87.2 Å². The molecule has 0 saturated carbocycles. The third-order valence-electron chi connectivity index (χ3n) is 1.89. The molecule has 0 aromatic heterocycles. The second-order valence-electron chi connectivity index (χ2n) is 3.05. The Hall–Kier alpha value is -1.15. The number of Topliss-reactive ketones (excluding diaryl/α,β-unsaturated/α-hetero) is 1. The lowest BCUT2D eigenvalue weighted by molar-refractivity contribution is -0.113. The highest BCUT2D eigenvalue weighted by molar-refractivity contribution is 6.30. The molecular formula is C11H10ClFO. The minimum Gasteiger partial charge on any atom is -0.295 e. The van der Waals surface area contributed by atoms with Gasteiger partial charge in [0, 0.05) is 10.6 Å². The topological polar surface area (TPSA) is 17.1 Å². The highest BCUT2D eigenvalue weighted by atomic mass is 35.5. The molecule has 0 aliphatic carbocycles. The molecule has 1 nitrogen and oxygen atoms in total. The monoisotopic (exact) mass is 212 g/mol. The van der Waals surface area contributed by atoms with Crippen molar-refractivity contribution >= 4 is 23.5 Å². The molecule has 0 bridgehead atoms. The number of benzene rings is 1. The molecule has 0 heterocycles. The molecule has 0 aliphatic heterocycles. The molecule has 3 heteroatoms. The van der Waals surface area contributed by atoms with Crippen LogP contribution in [-0.4, -0.2) is 5.78 Å². The average molecular weight is 213 g/mol. The Bertz CT molecular complexity index is 396. The van der Waals surface area contributed by atoms with Crippen LogP contribution >= 0.6 is 11.6 Å². The quantitative estimate of drug-likeness (QED) is 0.686. The summed E-state index contributed by atoms with van der Waals surface area (Å²) in [4.78, 5) is 10.9. The van der Waals surface area contributed by atoms with E-state index in [-0.39, 0.29) is 11.6 Å². The van der Waals surface area contributed by atoms with Crippen molar-refractivity contribution in [2.75, 3.05) is 0 Å². The van der Waals surface area contributed by atoms with Crippen molar-refractivity contribution in [1.82, 2.24) is 0 Å². The Morgan fingerprint density at radius 1 is 1.43 bits per heavy atom. The summed E-state index contributed by atoms with van der Waals surface area (Å²) in [7, 11) is 0. The van der Waals surface area contributed by atoms with Crippen molar-refractivity contribution < 1.29 is 9.18 Å². The molecule has 0 saturated heterocycles. The first-order valence-corrected chi connectivity index (χ1v) is 4.53. The number of halogens is 2. The van der Waals surface area contributed by atoms with Crippen LogP contribution in [0.4, 0.5) is 4.39 Å². The number of rotatable bonds is 2. The summed E-state index contributed by atoms with van der Waals surface area (Å²) < 4.78 is 13.2. The lowest BCUT2D eigenvalue weighted by Crippen LogP contribution is -1.92. The van der Waals surface area contributed by atoms with E-state index in [0.717, 1.165) is 0 Å². The lowest BCUT2D eigenvalue weighted by atomic mass is 10.1. The number of allylic oxidation sites excluding steroid dienone is 1. The smallest absolute Gasteiger partial charge is 0.155 e. The molecule has 0 unspecified atom stereocenters. The molecule has 74 valence electrons. The van der Waals surface area contributed by atoms with E-state index >= 15 is 0 Å². The van der Waals surface area contributed by atoms with E-state index in [0.29, 0.717) is 16.2 Å². The summed E-state index contributed by atoms with van der Waals surface area (Å²) in [6, 6.07) is 4.24. The fourth-order valence-electron chi connectivity index (χ4n) is 0.960. The molecule has 1 aromatic carbocycles. The first-order valence-electron chi connectivity index (χ1n) is 4.15. The first-order chi connectivity index (χ1) is 6.50. The lowest BCUT2D eigenvalue weighted by Gasteiger charge is -1.99. The molecule has 0 aliphatic rings. The normalized spacial score (nSPS) is 11.6. The van der Waals surface area contributed by atoms with Gasteiger partial charge in [-0.25, -0.2) is 4.39 Å². The molecule has 0 fully saturated rings. The van der Waals surface area contributed by atoms with E-state index in [4.69, 9.17) is 11.6 Å². The molecule has 0 atom stereocenters. The molecule has 0 spiro atoms. The maximum atomic E-state index is 13.2. The summed E-state index contributed by atoms with van der Waals surface area (Å²) in [6.45, 7) is 3.08. The summed E-state index contributed by atoms with van der Waals surface area (Å²) in [5.41, 5.74) is 0.844. The second-order valence-corrected chi connectivity index (χ2v) is 3.49. The Morgan fingerprint density at radius 3 is 2.64 bits per heavy atom. The molecule has 1 rings (SSSR count). The van der Waals surface area contributed by atoms with Gasteiger partial charge in [-0.3, -0.25) is 4.79 Å². The summed E-state index contributed by atoms with van der Waals surface area (Å²) >= 11 is 5.70. The predicted molar refractivity (Wildman–Crippen MR) is 55.7 cm³/mol. The van der Waals surface area contributed by atoms with Crippen LogP contribution in [0.5, 0.6) is 0 Å². The van der Waals surface area contributed by atoms with Gasteiger partial charge in [-0.15, -0.1) is 0 Å². The van der Waals surface area contributed by atoms with E-state index in [9.17, 15) is 9.18 Å². The predicted octanol–water partition coefficient (Wildman–Crippen LogP) is 3.47. The third kappa shape index (κ3) is 2.67. The van der Waals surface area contributed by atoms with Crippen LogP contribution in [0.1, 0.15) is 19.4 Å². The summed E-state index contributed by atoms with van der Waals surface area (Å²) in [6.07, 6.45) is 1.49. The molecule has 14 heavy (non-hydrogen) atoms. The SMILES string of the molecule is CC(=O)/C(C)=C/c1cc(Cl)ccc1F. The average Bonchev–Trinajstić information content (AvgIpc) is 2.11. The van der Waals surface area contributed by atoms with Gasteiger partial charge in [-0.2, -0.15) is 0 Å². The van der Waals surface area contributed by atoms with Crippen LogP contribution in [-0.2, 0) is 4.79 Å². The number of ketones is 1. The molecule has 1 aromatic rings. The van der Waals surface area contributed by atoms with E-state index < -0.39 is 0 Å². The fraction of sp³-hybridized carbons (Fsp3) is 0.182. The van der Waals surface area contributed by atoms with Gasteiger partial charge in [0.1, 0.15) is 5.82 Å². The molecule has 0 amide bonds. The highest BCUT2D eigenvalue weighted by Gasteiger charge is 2.02. The third-order valence-corrected chi connectivity index (χ3v) is 2.12. The number of carbonyl (C=O) groups is 1. The minimum absolute atomic E-state index is 0.0793. The van der Waals surface area contributed by atoms with Gasteiger partial charge >= 0.3 is 0 Å². The highest BCUT2D eigenvalue weighted by Crippen LogP contribution is 2.17. The van der Waals surface area contributed by atoms with Gasteiger partial charge in [0.2, 0.25) is 0 Å². The van der Waals surface area contributed by atoms with Crippen molar-refractivity contribution in [3.05, 3.63) is 40.2 Å². The largest absolute Gasteiger partial charge is 0.295 e. The van der Waals surface area contributed by atoms with Gasteiger partial charge in [0.15, 0.2) is 5.78 Å². The first kappa shape index (κ1) is 10.9. The van der Waals surface area contributed by atoms with Gasteiger partial charge < -0.3 is 0 Å². The van der Waals surface area contributed by atoms with Gasteiger partial charge in [0.05, 0.1) is 0 Å². The molecule has 0 radical (unpaired) electrons. The number of hydrogen-bond donors (Lipinski definition) is 0. The van der Waals surface area contributed by atoms with Gasteiger partial charge in [-0.1, -0.05) is 11.6 Å². The second kappa shape index (κ2) is 4.38. The zero-order valence-corrected chi connectivity index (χ0v) is 8.73. The van der Waals surface area contributed by atoms with Crippen molar-refractivity contribution in [1.29, 1.82) is 0 Å². The van der Waals surface area contributed by atoms with Crippen molar-refractivity contribution in [2.24, 2.45) is 0 Å². The van der Waals surface area contributed by atoms with Crippen LogP contribution in [0.15, 0.2) is 23.8 Å². The maximum absolute atomic E-state index is 13.2. The van der Waals surface area contributed by atoms with Crippen LogP contribution in [0.25, 0.3) is 6.08 Å². The standard InChI is InChI=1S/C11H10ClFO/c1-7(8(2)14)5-9-6-10(12)3-4-11(9)13/h3-6H,1-2H3/b7-5+. The zero-order valence-electron chi connectivity index (χ0n) is 7.97. The van der Waals surface area contributed by atoms with Crippen LogP contribution in [0.3, 0.4) is 0 Å². The van der Waals surface area contributed by atoms with Gasteiger partial charge in [0.25, 0.3) is 0 Å². The van der Waals surface area contributed by atoms with Crippen LogP contribution < -0.4 is 0 Å². The number of carbonyl (C=O) groups excluding carboxylic acids is 1. The minimum atomic E-state index is -0.380. The summed E-state index contributed by atoms with van der Waals surface area (Å²) in [5.74, 6) is -0.459. The molecular weight excluding hydrogens is 203 g/mol. The Morgan fingerprint density at radius 2 is 2.07 bits per heavy atom. The Kier molecular flexibility index (Phi) is 3.42. The van der Waals surface area contributed by atoms with Gasteiger partial charge in [-0.05, 0) is 43.7 Å². The van der Waals surface area contributed by atoms with E-state index in [1.165, 1.54) is 31.2 Å². The number of hydrogen-bond acceptors (Lipinski definition) is 1. The van der Waals surface area contributed by atoms with E-state index in [1.54, 1.807) is 6.92 Å². The van der Waals surface area contributed by atoms with Crippen molar-refractivity contribution in [2.45, 2.75) is 13.8 Å². The van der Waals surface area contributed by atoms with Crippen LogP contribution in [0.2, 0.25) is 5.02 Å². The van der Waals surface area contributed by atoms with Crippen molar-refractivity contribution in [3.8, 4) is 0 Å². The maximum Gasteiger partial charge on any atom is 0.155 e. The van der Waals surface area contributed by atoms with E-state index in [2.05, 4.69) is 0 Å². The Balaban J connectivity index is 3.13. The molecule has 0 N–H and O–H groups in total. The summed E-state index contributed by atoms with van der Waals surface area (Å²) in [5, 5.41) is 0.453. The van der Waals surface area contributed by atoms with Crippen LogP contribution in [0, 0.1) is 5.82 Å². The van der Waals surface area contributed by atoms with Crippen molar-refractivity contribution in [3.63, 3.8) is 0 Å². The van der Waals surface area contributed by atoms with E-state index in [1.807, 2.05) is 0 Å².